The van der Waals surface area contributed by atoms with E-state index in [1.54, 1.807) is 6.07 Å². The number of rotatable bonds is 5. The molecule has 2 heterocycles. The van der Waals surface area contributed by atoms with Gasteiger partial charge in [0.2, 0.25) is 0 Å². The van der Waals surface area contributed by atoms with Crippen LogP contribution in [-0.4, -0.2) is 35.6 Å². The van der Waals surface area contributed by atoms with Crippen molar-refractivity contribution in [3.8, 4) is 22.9 Å². The van der Waals surface area contributed by atoms with Gasteiger partial charge in [0.15, 0.2) is 11.5 Å². The molecule has 2 aromatic carbocycles. The van der Waals surface area contributed by atoms with E-state index in [4.69, 9.17) is 21.1 Å². The fraction of sp³-hybridized carbons (Fsp3) is 0.304. The van der Waals surface area contributed by atoms with Crippen LogP contribution in [0, 0.1) is 0 Å². The van der Waals surface area contributed by atoms with Gasteiger partial charge in [0.1, 0.15) is 5.82 Å². The van der Waals surface area contributed by atoms with Crippen molar-refractivity contribution in [1.82, 2.24) is 14.9 Å². The first-order valence-corrected chi connectivity index (χ1v) is 10.5. The first-order valence-electron chi connectivity index (χ1n) is 10.1. The summed E-state index contributed by atoms with van der Waals surface area (Å²) in [6, 6.07) is 8.20. The van der Waals surface area contributed by atoms with Gasteiger partial charge in [0.25, 0.3) is 5.56 Å². The molecule has 174 valence electrons. The standard InChI is InChI=1S/C23H21ClF3N3O3/c1-32-18-8-5-14(19(24)20(18)33-2)11-30-10-9-17-16(12-30)22(31)29-21(28-17)13-3-6-15(7-4-13)23(25,26)27/h3-8H,9-12H2,1-2H3,(H,28,29,31). The lowest BCUT2D eigenvalue weighted by atomic mass is 10.0. The molecule has 0 unspecified atom stereocenters. The van der Waals surface area contributed by atoms with Crippen LogP contribution in [0.3, 0.4) is 0 Å². The number of H-pyrrole nitrogens is 1. The Balaban J connectivity index is 1.56. The minimum absolute atomic E-state index is 0.254. The van der Waals surface area contributed by atoms with Gasteiger partial charge >= 0.3 is 6.18 Å². The van der Waals surface area contributed by atoms with Crippen LogP contribution in [0.2, 0.25) is 5.02 Å². The summed E-state index contributed by atoms with van der Waals surface area (Å²) in [5.74, 6) is 1.24. The molecule has 4 rings (SSSR count). The third kappa shape index (κ3) is 4.69. The summed E-state index contributed by atoms with van der Waals surface area (Å²) in [6.07, 6.45) is -3.90. The summed E-state index contributed by atoms with van der Waals surface area (Å²) in [5, 5.41) is 0.451. The normalized spacial score (nSPS) is 14.1. The predicted molar refractivity (Wildman–Crippen MR) is 118 cm³/mol. The predicted octanol–water partition coefficient (Wildman–Crippen LogP) is 4.68. The van der Waals surface area contributed by atoms with Crippen LogP contribution < -0.4 is 15.0 Å². The summed E-state index contributed by atoms with van der Waals surface area (Å²) in [5.41, 5.74) is 1.37. The van der Waals surface area contributed by atoms with Crippen LogP contribution in [-0.2, 0) is 25.7 Å². The molecule has 33 heavy (non-hydrogen) atoms. The highest BCUT2D eigenvalue weighted by atomic mass is 35.5. The van der Waals surface area contributed by atoms with Crippen LogP contribution in [0.5, 0.6) is 11.5 Å². The van der Waals surface area contributed by atoms with Gasteiger partial charge < -0.3 is 14.5 Å². The number of nitrogens with one attached hydrogen (secondary N) is 1. The highest BCUT2D eigenvalue weighted by molar-refractivity contribution is 6.33. The van der Waals surface area contributed by atoms with Crippen molar-refractivity contribution in [2.45, 2.75) is 25.7 Å². The lowest BCUT2D eigenvalue weighted by Crippen LogP contribution is -2.35. The van der Waals surface area contributed by atoms with E-state index in [1.807, 2.05) is 6.07 Å². The SMILES string of the molecule is COc1ccc(CN2CCc3nc(-c4ccc(C(F)(F)F)cc4)[nH]c(=O)c3C2)c(Cl)c1OC. The van der Waals surface area contributed by atoms with E-state index in [2.05, 4.69) is 14.9 Å². The average Bonchev–Trinajstić information content (AvgIpc) is 2.80. The summed E-state index contributed by atoms with van der Waals surface area (Å²) in [7, 11) is 3.05. The molecule has 0 bridgehead atoms. The number of hydrogen-bond acceptors (Lipinski definition) is 5. The number of aromatic nitrogens is 2. The Morgan fingerprint density at radius 3 is 2.48 bits per heavy atom. The first kappa shape index (κ1) is 23.1. The Morgan fingerprint density at radius 2 is 1.85 bits per heavy atom. The van der Waals surface area contributed by atoms with Gasteiger partial charge in [-0.1, -0.05) is 29.8 Å². The molecule has 6 nitrogen and oxygen atoms in total. The Bertz CT molecular complexity index is 1230. The molecule has 3 aromatic rings. The lowest BCUT2D eigenvalue weighted by molar-refractivity contribution is -0.137. The van der Waals surface area contributed by atoms with Crippen molar-refractivity contribution >= 4 is 11.6 Å². The maximum atomic E-state index is 12.8. The van der Waals surface area contributed by atoms with Gasteiger partial charge in [0.05, 0.1) is 36.1 Å². The second-order valence-electron chi connectivity index (χ2n) is 7.65. The third-order valence-electron chi connectivity index (χ3n) is 5.59. The molecule has 10 heteroatoms. The number of fused-ring (bicyclic) bond motifs is 1. The number of benzene rings is 2. The van der Waals surface area contributed by atoms with Gasteiger partial charge in [-0.2, -0.15) is 13.2 Å². The van der Waals surface area contributed by atoms with Crippen molar-refractivity contribution in [1.29, 1.82) is 0 Å². The monoisotopic (exact) mass is 479 g/mol. The number of nitrogens with zero attached hydrogens (tertiary/aromatic N) is 2. The molecule has 0 fully saturated rings. The van der Waals surface area contributed by atoms with E-state index in [-0.39, 0.29) is 11.4 Å². The quantitative estimate of drug-likeness (QED) is 0.575. The van der Waals surface area contributed by atoms with Crippen LogP contribution in [0.1, 0.15) is 22.4 Å². The fourth-order valence-electron chi connectivity index (χ4n) is 3.86. The minimum Gasteiger partial charge on any atom is -0.493 e. The number of halogens is 4. The molecule has 1 aliphatic rings. The van der Waals surface area contributed by atoms with Crippen LogP contribution in [0.4, 0.5) is 13.2 Å². The van der Waals surface area contributed by atoms with E-state index in [1.165, 1.54) is 26.4 Å². The van der Waals surface area contributed by atoms with E-state index in [0.29, 0.717) is 59.4 Å². The van der Waals surface area contributed by atoms with E-state index >= 15 is 0 Å². The van der Waals surface area contributed by atoms with Crippen molar-refractivity contribution in [2.24, 2.45) is 0 Å². The zero-order chi connectivity index (χ0) is 23.8. The Morgan fingerprint density at radius 1 is 1.12 bits per heavy atom. The summed E-state index contributed by atoms with van der Waals surface area (Å²) in [6.45, 7) is 1.51. The van der Waals surface area contributed by atoms with Gasteiger partial charge in [-0.15, -0.1) is 0 Å². The molecular weight excluding hydrogens is 459 g/mol. The van der Waals surface area contributed by atoms with Crippen LogP contribution in [0.25, 0.3) is 11.4 Å². The second kappa shape index (κ2) is 9.07. The zero-order valence-electron chi connectivity index (χ0n) is 17.9. The molecule has 0 aliphatic carbocycles. The minimum atomic E-state index is -4.42. The Labute approximate surface area is 192 Å². The molecular formula is C23H21ClF3N3O3. The molecule has 0 saturated carbocycles. The summed E-state index contributed by atoms with van der Waals surface area (Å²) in [4.78, 5) is 22.1. The number of alkyl halides is 3. The van der Waals surface area contributed by atoms with Crippen LogP contribution >= 0.6 is 11.6 Å². The first-order chi connectivity index (χ1) is 15.7. The van der Waals surface area contributed by atoms with Gasteiger partial charge in [-0.25, -0.2) is 4.98 Å². The molecule has 1 N–H and O–H groups in total. The van der Waals surface area contributed by atoms with Gasteiger partial charge in [-0.05, 0) is 23.8 Å². The summed E-state index contributed by atoms with van der Waals surface area (Å²) < 4.78 is 49.0. The fourth-order valence-corrected chi connectivity index (χ4v) is 4.16. The van der Waals surface area contributed by atoms with Crippen LogP contribution in [0.15, 0.2) is 41.2 Å². The molecule has 0 radical (unpaired) electrons. The largest absolute Gasteiger partial charge is 0.493 e. The highest BCUT2D eigenvalue weighted by Crippen LogP contribution is 2.38. The third-order valence-corrected chi connectivity index (χ3v) is 6.01. The van der Waals surface area contributed by atoms with E-state index in [9.17, 15) is 18.0 Å². The van der Waals surface area contributed by atoms with Crippen molar-refractivity contribution in [3.63, 3.8) is 0 Å². The molecule has 1 aliphatic heterocycles. The number of hydrogen-bond donors (Lipinski definition) is 1. The average molecular weight is 480 g/mol. The number of methoxy groups -OCH3 is 2. The van der Waals surface area contributed by atoms with Crippen molar-refractivity contribution in [2.75, 3.05) is 20.8 Å². The number of ether oxygens (including phenoxy) is 2. The maximum Gasteiger partial charge on any atom is 0.416 e. The highest BCUT2D eigenvalue weighted by Gasteiger charge is 2.30. The smallest absolute Gasteiger partial charge is 0.416 e. The van der Waals surface area contributed by atoms with Gasteiger partial charge in [-0.3, -0.25) is 9.69 Å². The Kier molecular flexibility index (Phi) is 6.36. The molecule has 1 aromatic heterocycles. The van der Waals surface area contributed by atoms with E-state index < -0.39 is 11.7 Å². The van der Waals surface area contributed by atoms with Crippen molar-refractivity contribution in [3.05, 3.63) is 74.2 Å². The maximum absolute atomic E-state index is 12.8. The molecule has 0 spiro atoms. The van der Waals surface area contributed by atoms with E-state index in [0.717, 1.165) is 17.7 Å². The van der Waals surface area contributed by atoms with Gasteiger partial charge in [0, 0.05) is 31.6 Å². The zero-order valence-corrected chi connectivity index (χ0v) is 18.7. The molecule has 0 amide bonds. The number of aromatic amines is 1. The second-order valence-corrected chi connectivity index (χ2v) is 8.03. The molecule has 0 atom stereocenters. The Hall–Kier alpha value is -3.04. The lowest BCUT2D eigenvalue weighted by Gasteiger charge is -2.28. The topological polar surface area (TPSA) is 67.5 Å². The summed E-state index contributed by atoms with van der Waals surface area (Å²) >= 11 is 6.49. The molecule has 0 saturated heterocycles. The van der Waals surface area contributed by atoms with Crippen molar-refractivity contribution < 1.29 is 22.6 Å².